The van der Waals surface area contributed by atoms with E-state index in [-0.39, 0.29) is 0 Å². The number of hydrogen-bond acceptors (Lipinski definition) is 1. The van der Waals surface area contributed by atoms with Crippen LogP contribution in [-0.4, -0.2) is 4.57 Å². The van der Waals surface area contributed by atoms with Crippen molar-refractivity contribution in [2.75, 3.05) is 0 Å². The van der Waals surface area contributed by atoms with Crippen molar-refractivity contribution in [3.8, 4) is 50.6 Å². The van der Waals surface area contributed by atoms with Gasteiger partial charge in [-0.1, -0.05) is 115 Å². The molecule has 0 saturated heterocycles. The van der Waals surface area contributed by atoms with E-state index in [1.807, 2.05) is 0 Å². The minimum absolute atomic E-state index is 0.899. The van der Waals surface area contributed by atoms with Gasteiger partial charge in [0.15, 0.2) is 0 Å². The Bertz CT molecular complexity index is 2660. The van der Waals surface area contributed by atoms with Gasteiger partial charge in [-0.15, -0.1) is 0 Å². The van der Waals surface area contributed by atoms with Crippen LogP contribution in [0.3, 0.4) is 0 Å². The van der Waals surface area contributed by atoms with Crippen molar-refractivity contribution < 1.29 is 4.74 Å². The molecule has 2 nitrogen and oxygen atoms in total. The molecule has 2 heterocycles. The lowest BCUT2D eigenvalue weighted by molar-refractivity contribution is 0.487. The molecule has 0 aliphatic carbocycles. The molecule has 1 aliphatic heterocycles. The maximum absolute atomic E-state index is 6.41. The lowest BCUT2D eigenvalue weighted by Crippen LogP contribution is -1.97. The van der Waals surface area contributed by atoms with E-state index >= 15 is 0 Å². The molecule has 1 aliphatic rings. The first-order chi connectivity index (χ1) is 22.8. The van der Waals surface area contributed by atoms with Crippen molar-refractivity contribution in [1.29, 1.82) is 0 Å². The van der Waals surface area contributed by atoms with E-state index in [4.69, 9.17) is 4.74 Å². The maximum Gasteiger partial charge on any atom is 0.135 e. The topological polar surface area (TPSA) is 14.2 Å². The minimum atomic E-state index is 0.899. The SMILES string of the molecule is c1ccc(-n2c3ccccc3c3c(-c4cccc(-c5ccc6c(c5)-c5cccc7cccc(c57)O6)c4)c4ccccc4cc32)cc1. The highest BCUT2D eigenvalue weighted by atomic mass is 16.5. The summed E-state index contributed by atoms with van der Waals surface area (Å²) in [6.45, 7) is 0. The summed E-state index contributed by atoms with van der Waals surface area (Å²) < 4.78 is 8.82. The number of ether oxygens (including phenoxy) is 1. The fourth-order valence-electron chi connectivity index (χ4n) is 7.54. The van der Waals surface area contributed by atoms with Crippen molar-refractivity contribution in [2.45, 2.75) is 0 Å². The fraction of sp³-hybridized carbons (Fsp3) is 0. The summed E-state index contributed by atoms with van der Waals surface area (Å²) >= 11 is 0. The summed E-state index contributed by atoms with van der Waals surface area (Å²) in [7, 11) is 0. The van der Waals surface area contributed by atoms with Gasteiger partial charge in [-0.05, 0) is 92.5 Å². The maximum atomic E-state index is 6.41. The first-order valence-electron chi connectivity index (χ1n) is 15.8. The fourth-order valence-corrected chi connectivity index (χ4v) is 7.54. The molecule has 8 aromatic carbocycles. The van der Waals surface area contributed by atoms with E-state index in [0.29, 0.717) is 0 Å². The van der Waals surface area contributed by atoms with Crippen LogP contribution in [0.15, 0.2) is 164 Å². The second-order valence-corrected chi connectivity index (χ2v) is 12.1. The van der Waals surface area contributed by atoms with Gasteiger partial charge in [0.2, 0.25) is 0 Å². The van der Waals surface area contributed by atoms with Crippen LogP contribution >= 0.6 is 0 Å². The Morgan fingerprint density at radius 1 is 0.391 bits per heavy atom. The zero-order valence-electron chi connectivity index (χ0n) is 24.9. The van der Waals surface area contributed by atoms with E-state index in [1.165, 1.54) is 71.2 Å². The molecule has 1 aromatic heterocycles. The number of aromatic nitrogens is 1. The Kier molecular flexibility index (Phi) is 5.31. The van der Waals surface area contributed by atoms with Gasteiger partial charge >= 0.3 is 0 Å². The largest absolute Gasteiger partial charge is 0.456 e. The Balaban J connectivity index is 1.22. The molecular weight excluding hydrogens is 558 g/mol. The van der Waals surface area contributed by atoms with Crippen molar-refractivity contribution in [1.82, 2.24) is 4.57 Å². The molecule has 46 heavy (non-hydrogen) atoms. The van der Waals surface area contributed by atoms with Gasteiger partial charge in [0, 0.05) is 27.4 Å². The standard InChI is InChI=1S/C44H27NO/c1-2-16-33(17-3-1)45-38-21-7-6-19-36(38)44-39(45)27-31-11-4-5-18-34(31)43(44)32-15-8-14-29(25-32)30-23-24-40-37(26-30)35-20-9-12-28-13-10-22-41(46-40)42(28)35/h1-27H. The van der Waals surface area contributed by atoms with Crippen molar-refractivity contribution in [3.63, 3.8) is 0 Å². The van der Waals surface area contributed by atoms with Crippen LogP contribution in [0.5, 0.6) is 11.5 Å². The van der Waals surface area contributed by atoms with Crippen molar-refractivity contribution in [3.05, 3.63) is 164 Å². The average molecular weight is 586 g/mol. The van der Waals surface area contributed by atoms with Gasteiger partial charge in [-0.2, -0.15) is 0 Å². The van der Waals surface area contributed by atoms with E-state index in [2.05, 4.69) is 168 Å². The molecule has 0 N–H and O–H groups in total. The Morgan fingerprint density at radius 2 is 1.11 bits per heavy atom. The van der Waals surface area contributed by atoms with Crippen LogP contribution in [-0.2, 0) is 0 Å². The first kappa shape index (κ1) is 25.2. The predicted molar refractivity (Wildman–Crippen MR) is 192 cm³/mol. The second kappa shape index (κ2) is 9.69. The van der Waals surface area contributed by atoms with Gasteiger partial charge in [-0.3, -0.25) is 0 Å². The number of para-hydroxylation sites is 2. The third-order valence-corrected chi connectivity index (χ3v) is 9.54. The molecular formula is C44H27NO. The molecule has 214 valence electrons. The molecule has 0 fully saturated rings. The molecule has 0 radical (unpaired) electrons. The van der Waals surface area contributed by atoms with Crippen LogP contribution in [0.25, 0.3) is 82.4 Å². The minimum Gasteiger partial charge on any atom is -0.456 e. The predicted octanol–water partition coefficient (Wildman–Crippen LogP) is 12.2. The van der Waals surface area contributed by atoms with Crippen LogP contribution in [0, 0.1) is 0 Å². The highest BCUT2D eigenvalue weighted by Crippen LogP contribution is 2.48. The molecule has 9 aromatic rings. The summed E-state index contributed by atoms with van der Waals surface area (Å²) in [5, 5.41) is 7.39. The highest BCUT2D eigenvalue weighted by molar-refractivity contribution is 6.23. The molecule has 10 rings (SSSR count). The Labute approximate surface area is 266 Å². The molecule has 0 amide bonds. The van der Waals surface area contributed by atoms with Crippen LogP contribution < -0.4 is 4.74 Å². The van der Waals surface area contributed by atoms with Crippen molar-refractivity contribution >= 4 is 43.4 Å². The zero-order chi connectivity index (χ0) is 30.2. The second-order valence-electron chi connectivity index (χ2n) is 12.1. The van der Waals surface area contributed by atoms with Crippen LogP contribution in [0.2, 0.25) is 0 Å². The quantitative estimate of drug-likeness (QED) is 0.201. The lowest BCUT2D eigenvalue weighted by atomic mass is 9.90. The third kappa shape index (κ3) is 3.65. The van der Waals surface area contributed by atoms with Gasteiger partial charge in [0.25, 0.3) is 0 Å². The monoisotopic (exact) mass is 585 g/mol. The van der Waals surface area contributed by atoms with Gasteiger partial charge in [-0.25, -0.2) is 0 Å². The normalized spacial score (nSPS) is 12.1. The zero-order valence-corrected chi connectivity index (χ0v) is 24.9. The van der Waals surface area contributed by atoms with E-state index < -0.39 is 0 Å². The third-order valence-electron chi connectivity index (χ3n) is 9.54. The summed E-state index contributed by atoms with van der Waals surface area (Å²) in [6, 6.07) is 59.1. The molecule has 0 spiro atoms. The number of rotatable bonds is 3. The molecule has 0 atom stereocenters. The average Bonchev–Trinajstić information content (AvgIpc) is 3.45. The van der Waals surface area contributed by atoms with Crippen LogP contribution in [0.1, 0.15) is 0 Å². The van der Waals surface area contributed by atoms with E-state index in [1.54, 1.807) is 0 Å². The van der Waals surface area contributed by atoms with E-state index in [9.17, 15) is 0 Å². The smallest absolute Gasteiger partial charge is 0.135 e. The summed E-state index contributed by atoms with van der Waals surface area (Å²) in [6.07, 6.45) is 0. The molecule has 0 bridgehead atoms. The number of nitrogens with zero attached hydrogens (tertiary/aromatic N) is 1. The summed E-state index contributed by atoms with van der Waals surface area (Å²) in [5.74, 6) is 1.82. The van der Waals surface area contributed by atoms with Gasteiger partial charge in [0.1, 0.15) is 11.5 Å². The Morgan fingerprint density at radius 3 is 2.02 bits per heavy atom. The molecule has 0 saturated carbocycles. The summed E-state index contributed by atoms with van der Waals surface area (Å²) in [4.78, 5) is 0. The molecule has 2 heteroatoms. The van der Waals surface area contributed by atoms with Gasteiger partial charge < -0.3 is 9.30 Å². The number of hydrogen-bond donors (Lipinski definition) is 0. The summed E-state index contributed by atoms with van der Waals surface area (Å²) in [5.41, 5.74) is 10.8. The number of fused-ring (bicyclic) bond motifs is 6. The Hall–Kier alpha value is -6.12. The molecule has 0 unspecified atom stereocenters. The van der Waals surface area contributed by atoms with E-state index in [0.717, 1.165) is 22.7 Å². The van der Waals surface area contributed by atoms with Crippen LogP contribution in [0.4, 0.5) is 0 Å². The van der Waals surface area contributed by atoms with Gasteiger partial charge in [0.05, 0.1) is 11.0 Å². The lowest BCUT2D eigenvalue weighted by Gasteiger charge is -2.22. The van der Waals surface area contributed by atoms with Crippen molar-refractivity contribution in [2.24, 2.45) is 0 Å². The highest BCUT2D eigenvalue weighted by Gasteiger charge is 2.22. The first-order valence-corrected chi connectivity index (χ1v) is 15.8. The number of benzene rings is 8.